The highest BCUT2D eigenvalue weighted by molar-refractivity contribution is 6.32. The number of nitrogens with one attached hydrogen (secondary N) is 2. The number of ether oxygens (including phenoxy) is 2. The molecule has 0 bridgehead atoms. The average Bonchev–Trinajstić information content (AvgIpc) is 2.82. The van der Waals surface area contributed by atoms with Crippen molar-refractivity contribution in [3.8, 4) is 5.75 Å². The smallest absolute Gasteiger partial charge is 0.326 e. The van der Waals surface area contributed by atoms with E-state index in [1.165, 1.54) is 13.2 Å². The van der Waals surface area contributed by atoms with E-state index >= 15 is 0 Å². The van der Waals surface area contributed by atoms with Crippen LogP contribution in [0.4, 0.5) is 5.69 Å². The molecule has 0 aromatic heterocycles. The van der Waals surface area contributed by atoms with Crippen LogP contribution in [0, 0.1) is 0 Å². The minimum atomic E-state index is -1.22. The van der Waals surface area contributed by atoms with Crippen LogP contribution in [0.2, 0.25) is 5.02 Å². The summed E-state index contributed by atoms with van der Waals surface area (Å²) < 4.78 is 10.5. The normalized spacial score (nSPS) is 11.2. The number of methoxy groups -OCH3 is 1. The minimum absolute atomic E-state index is 0.321. The lowest BCUT2D eigenvalue weighted by molar-refractivity contribution is -0.153. The van der Waals surface area contributed by atoms with Crippen LogP contribution in [0.25, 0.3) is 0 Å². The third kappa shape index (κ3) is 6.09. The number of halogens is 1. The van der Waals surface area contributed by atoms with E-state index in [1.807, 2.05) is 0 Å². The Balaban J connectivity index is 1.69. The summed E-state index contributed by atoms with van der Waals surface area (Å²) in [5.41, 5.74) is 1.30. The van der Waals surface area contributed by atoms with Gasteiger partial charge in [0.15, 0.2) is 0 Å². The second-order valence-electron chi connectivity index (χ2n) is 6.67. The quantitative estimate of drug-likeness (QED) is 0.504. The van der Waals surface area contributed by atoms with Gasteiger partial charge in [0.2, 0.25) is 6.10 Å². The minimum Gasteiger partial charge on any atom is -0.495 e. The number of amides is 2. The third-order valence-corrected chi connectivity index (χ3v) is 4.73. The highest BCUT2D eigenvalue weighted by atomic mass is 35.5. The van der Waals surface area contributed by atoms with Gasteiger partial charge in [0.1, 0.15) is 12.3 Å². The summed E-state index contributed by atoms with van der Waals surface area (Å²) in [6, 6.07) is 21.8. The molecule has 0 saturated heterocycles. The van der Waals surface area contributed by atoms with Crippen LogP contribution >= 0.6 is 11.6 Å². The fraction of sp³-hybridized carbons (Fsp3) is 0.125. The Bertz CT molecular complexity index is 1090. The van der Waals surface area contributed by atoms with Crippen molar-refractivity contribution in [2.75, 3.05) is 19.0 Å². The molecular formula is C24H21ClN2O5. The van der Waals surface area contributed by atoms with Gasteiger partial charge in [0.25, 0.3) is 11.8 Å². The van der Waals surface area contributed by atoms with Crippen LogP contribution in [0.1, 0.15) is 22.0 Å². The van der Waals surface area contributed by atoms with Crippen molar-refractivity contribution in [1.82, 2.24) is 5.32 Å². The van der Waals surface area contributed by atoms with Crippen molar-refractivity contribution in [2.45, 2.75) is 6.10 Å². The molecule has 0 aliphatic carbocycles. The molecule has 0 aliphatic heterocycles. The van der Waals surface area contributed by atoms with Gasteiger partial charge in [-0.15, -0.1) is 0 Å². The second-order valence-corrected chi connectivity index (χ2v) is 7.08. The standard InChI is InChI=1S/C24H21ClN2O5/c1-31-20-13-12-18(14-19(20)25)27-24(30)22(16-8-4-2-5-9-16)32-21(28)15-26-23(29)17-10-6-3-7-11-17/h2-14,22H,15H2,1H3,(H,26,29)(H,27,30). The first-order valence-electron chi connectivity index (χ1n) is 9.70. The number of benzene rings is 3. The summed E-state index contributed by atoms with van der Waals surface area (Å²) in [4.78, 5) is 37.5. The summed E-state index contributed by atoms with van der Waals surface area (Å²) in [5.74, 6) is -1.28. The van der Waals surface area contributed by atoms with Gasteiger partial charge in [-0.2, -0.15) is 0 Å². The zero-order valence-electron chi connectivity index (χ0n) is 17.2. The van der Waals surface area contributed by atoms with Gasteiger partial charge in [-0.1, -0.05) is 60.1 Å². The largest absolute Gasteiger partial charge is 0.495 e. The highest BCUT2D eigenvalue weighted by Gasteiger charge is 2.25. The number of carbonyl (C=O) groups is 3. The maximum absolute atomic E-state index is 12.9. The molecule has 0 saturated carbocycles. The zero-order valence-corrected chi connectivity index (χ0v) is 18.0. The van der Waals surface area contributed by atoms with Crippen LogP contribution in [0.3, 0.4) is 0 Å². The summed E-state index contributed by atoms with van der Waals surface area (Å²) in [5, 5.41) is 5.49. The number of rotatable bonds is 8. The first kappa shape index (κ1) is 22.8. The van der Waals surface area contributed by atoms with Crippen LogP contribution in [-0.2, 0) is 14.3 Å². The molecule has 1 atom stereocenters. The summed E-state index contributed by atoms with van der Waals surface area (Å²) in [6.45, 7) is -0.390. The Morgan fingerprint density at radius 1 is 0.938 bits per heavy atom. The van der Waals surface area contributed by atoms with Gasteiger partial charge >= 0.3 is 5.97 Å². The molecule has 8 heteroatoms. The van der Waals surface area contributed by atoms with E-state index in [2.05, 4.69) is 10.6 Å². The van der Waals surface area contributed by atoms with Crippen LogP contribution in [0.5, 0.6) is 5.75 Å². The van der Waals surface area contributed by atoms with Crippen LogP contribution < -0.4 is 15.4 Å². The first-order chi connectivity index (χ1) is 15.5. The number of hydrogen-bond acceptors (Lipinski definition) is 5. The lowest BCUT2D eigenvalue weighted by atomic mass is 10.1. The number of anilines is 1. The van der Waals surface area contributed by atoms with E-state index in [1.54, 1.807) is 72.8 Å². The van der Waals surface area contributed by atoms with E-state index in [0.717, 1.165) is 0 Å². The summed E-state index contributed by atoms with van der Waals surface area (Å²) in [7, 11) is 1.49. The fourth-order valence-electron chi connectivity index (χ4n) is 2.87. The Kier molecular flexibility index (Phi) is 7.83. The lowest BCUT2D eigenvalue weighted by Gasteiger charge is -2.18. The van der Waals surface area contributed by atoms with Crippen molar-refractivity contribution in [3.63, 3.8) is 0 Å². The summed E-state index contributed by atoms with van der Waals surface area (Å²) >= 11 is 6.11. The lowest BCUT2D eigenvalue weighted by Crippen LogP contribution is -2.33. The number of hydrogen-bond donors (Lipinski definition) is 2. The fourth-order valence-corrected chi connectivity index (χ4v) is 3.13. The van der Waals surface area contributed by atoms with Crippen molar-refractivity contribution >= 4 is 35.1 Å². The second kappa shape index (κ2) is 11.0. The maximum atomic E-state index is 12.9. The van der Waals surface area contributed by atoms with Gasteiger partial charge in [0.05, 0.1) is 12.1 Å². The van der Waals surface area contributed by atoms with Gasteiger partial charge < -0.3 is 20.1 Å². The predicted molar refractivity (Wildman–Crippen MR) is 121 cm³/mol. The Morgan fingerprint density at radius 3 is 2.22 bits per heavy atom. The predicted octanol–water partition coefficient (Wildman–Crippen LogP) is 4.00. The first-order valence-corrected chi connectivity index (χ1v) is 10.1. The van der Waals surface area contributed by atoms with E-state index in [0.29, 0.717) is 27.6 Å². The van der Waals surface area contributed by atoms with Gasteiger partial charge in [-0.25, -0.2) is 0 Å². The maximum Gasteiger partial charge on any atom is 0.326 e. The topological polar surface area (TPSA) is 93.7 Å². The average molecular weight is 453 g/mol. The summed E-state index contributed by atoms with van der Waals surface area (Å²) in [6.07, 6.45) is -1.22. The molecule has 3 rings (SSSR count). The molecule has 32 heavy (non-hydrogen) atoms. The molecule has 3 aromatic carbocycles. The molecule has 0 spiro atoms. The van der Waals surface area contributed by atoms with Crippen molar-refractivity contribution < 1.29 is 23.9 Å². The number of esters is 1. The molecule has 0 radical (unpaired) electrons. The van der Waals surface area contributed by atoms with Crippen LogP contribution in [-0.4, -0.2) is 31.4 Å². The van der Waals surface area contributed by atoms with E-state index in [4.69, 9.17) is 21.1 Å². The molecule has 0 heterocycles. The molecule has 164 valence electrons. The molecule has 2 N–H and O–H groups in total. The molecule has 0 aliphatic rings. The SMILES string of the molecule is COc1ccc(NC(=O)C(OC(=O)CNC(=O)c2ccccc2)c2ccccc2)cc1Cl. The van der Waals surface area contributed by atoms with E-state index < -0.39 is 30.4 Å². The molecule has 2 amide bonds. The van der Waals surface area contributed by atoms with E-state index in [9.17, 15) is 14.4 Å². The van der Waals surface area contributed by atoms with Gasteiger partial charge in [-0.3, -0.25) is 14.4 Å². The Hall–Kier alpha value is -3.84. The molecule has 7 nitrogen and oxygen atoms in total. The monoisotopic (exact) mass is 452 g/mol. The third-order valence-electron chi connectivity index (χ3n) is 4.44. The molecule has 0 fully saturated rings. The van der Waals surface area contributed by atoms with E-state index in [-0.39, 0.29) is 0 Å². The molecule has 1 unspecified atom stereocenters. The van der Waals surface area contributed by atoms with Crippen molar-refractivity contribution in [1.29, 1.82) is 0 Å². The molecule has 3 aromatic rings. The van der Waals surface area contributed by atoms with Crippen molar-refractivity contribution in [2.24, 2.45) is 0 Å². The Morgan fingerprint density at radius 2 is 1.59 bits per heavy atom. The highest BCUT2D eigenvalue weighted by Crippen LogP contribution is 2.28. The van der Waals surface area contributed by atoms with Gasteiger partial charge in [0, 0.05) is 16.8 Å². The van der Waals surface area contributed by atoms with Crippen molar-refractivity contribution in [3.05, 3.63) is 95.0 Å². The zero-order chi connectivity index (χ0) is 22.9. The Labute approximate surface area is 190 Å². The van der Waals surface area contributed by atoms with Crippen LogP contribution in [0.15, 0.2) is 78.9 Å². The van der Waals surface area contributed by atoms with Gasteiger partial charge in [-0.05, 0) is 30.3 Å². The molecular weight excluding hydrogens is 432 g/mol. The number of carbonyl (C=O) groups excluding carboxylic acids is 3.